The molecule has 0 spiro atoms. The molecule has 1 aromatic heterocycles. The molecule has 0 bridgehead atoms. The Balaban J connectivity index is 1.33. The molecule has 1 aliphatic heterocycles. The maximum Gasteiger partial charge on any atom is 0.341 e. The van der Waals surface area contributed by atoms with Gasteiger partial charge < -0.3 is 19.5 Å². The number of fused-ring (bicyclic) bond motifs is 1. The number of nitrogens with zero attached hydrogens (tertiary/aromatic N) is 3. The molecule has 2 fully saturated rings. The van der Waals surface area contributed by atoms with E-state index in [1.807, 2.05) is 9.80 Å². The number of piperazine rings is 1. The van der Waals surface area contributed by atoms with Gasteiger partial charge in [0.2, 0.25) is 5.43 Å². The second-order valence-electron chi connectivity index (χ2n) is 8.76. The first-order valence-electron chi connectivity index (χ1n) is 11.3. The van der Waals surface area contributed by atoms with E-state index < -0.39 is 17.2 Å². The highest BCUT2D eigenvalue weighted by Crippen LogP contribution is 2.38. The maximum absolute atomic E-state index is 15.2. The first-order chi connectivity index (χ1) is 16.8. The second kappa shape index (κ2) is 9.58. The quantitative estimate of drug-likeness (QED) is 0.496. The molecule has 1 N–H and O–H groups in total. The van der Waals surface area contributed by atoms with Crippen molar-refractivity contribution in [1.82, 2.24) is 9.47 Å². The van der Waals surface area contributed by atoms with Crippen LogP contribution in [0.5, 0.6) is 0 Å². The van der Waals surface area contributed by atoms with Crippen LogP contribution >= 0.6 is 24.0 Å². The van der Waals surface area contributed by atoms with Crippen molar-refractivity contribution < 1.29 is 18.7 Å². The van der Waals surface area contributed by atoms with E-state index in [2.05, 4.69) is 0 Å². The Bertz CT molecular complexity index is 1380. The molecule has 0 unspecified atom stereocenters. The van der Waals surface area contributed by atoms with Crippen molar-refractivity contribution in [3.8, 4) is 0 Å². The van der Waals surface area contributed by atoms with Crippen molar-refractivity contribution in [2.75, 3.05) is 31.1 Å². The van der Waals surface area contributed by atoms with Gasteiger partial charge in [0, 0.05) is 49.6 Å². The number of aromatic nitrogens is 1. The summed E-state index contributed by atoms with van der Waals surface area (Å²) in [7, 11) is 0. The lowest BCUT2D eigenvalue weighted by molar-refractivity contribution is 0.0695. The zero-order valence-corrected chi connectivity index (χ0v) is 20.4. The Kier molecular flexibility index (Phi) is 6.50. The third-order valence-electron chi connectivity index (χ3n) is 6.46. The lowest BCUT2D eigenvalue weighted by Crippen LogP contribution is -2.48. The topological polar surface area (TPSA) is 65.8 Å². The number of thiocarbonyl (C=S) groups is 1. The van der Waals surface area contributed by atoms with Crippen molar-refractivity contribution in [3.05, 3.63) is 75.6 Å². The lowest BCUT2D eigenvalue weighted by atomic mass is 10.1. The van der Waals surface area contributed by atoms with Crippen LogP contribution in [0.15, 0.2) is 47.4 Å². The third kappa shape index (κ3) is 4.77. The number of hydrogen-bond acceptors (Lipinski definition) is 5. The average molecular weight is 516 g/mol. The summed E-state index contributed by atoms with van der Waals surface area (Å²) in [5, 5.41) is 9.50. The van der Waals surface area contributed by atoms with Crippen LogP contribution in [0.3, 0.4) is 0 Å². The molecule has 182 valence electrons. The summed E-state index contributed by atoms with van der Waals surface area (Å²) in [4.78, 5) is 28.2. The monoisotopic (exact) mass is 515 g/mol. The minimum atomic E-state index is -1.31. The van der Waals surface area contributed by atoms with E-state index >= 15 is 4.39 Å². The molecule has 1 aliphatic carbocycles. The first kappa shape index (κ1) is 23.7. The van der Waals surface area contributed by atoms with Crippen LogP contribution in [-0.4, -0.2) is 51.0 Å². The van der Waals surface area contributed by atoms with Crippen LogP contribution in [0.4, 0.5) is 14.5 Å². The fourth-order valence-corrected chi connectivity index (χ4v) is 5.62. The summed E-state index contributed by atoms with van der Waals surface area (Å²) >= 11 is 6.96. The molecule has 1 saturated heterocycles. The van der Waals surface area contributed by atoms with E-state index in [0.29, 0.717) is 53.0 Å². The summed E-state index contributed by atoms with van der Waals surface area (Å²) in [5.74, 6) is -1.66. The average Bonchev–Trinajstić information content (AvgIpc) is 3.69. The molecule has 3 aromatic rings. The molecule has 2 heterocycles. The predicted molar refractivity (Wildman–Crippen MR) is 137 cm³/mol. The van der Waals surface area contributed by atoms with Gasteiger partial charge in [0.15, 0.2) is 0 Å². The maximum atomic E-state index is 15.2. The fourth-order valence-electron chi connectivity index (χ4n) is 4.38. The Labute approximate surface area is 210 Å². The Hall–Kier alpha value is -2.98. The number of anilines is 1. The molecule has 5 rings (SSSR count). The zero-order chi connectivity index (χ0) is 24.7. The molecule has 0 amide bonds. The van der Waals surface area contributed by atoms with Gasteiger partial charge in [-0.2, -0.15) is 0 Å². The molecular formula is C25H23F2N3O3S2. The van der Waals surface area contributed by atoms with Crippen molar-refractivity contribution >= 4 is 50.9 Å². The van der Waals surface area contributed by atoms with Crippen LogP contribution in [0, 0.1) is 11.6 Å². The summed E-state index contributed by atoms with van der Waals surface area (Å²) < 4.78 is 31.5. The van der Waals surface area contributed by atoms with Crippen molar-refractivity contribution in [3.63, 3.8) is 0 Å². The number of aromatic carboxylic acids is 1. The van der Waals surface area contributed by atoms with Gasteiger partial charge in [-0.25, -0.2) is 13.6 Å². The van der Waals surface area contributed by atoms with Gasteiger partial charge in [0.05, 0.1) is 11.2 Å². The molecule has 2 aliphatic rings. The minimum absolute atomic E-state index is 0.0856. The number of thioether (sulfide) groups is 1. The molecule has 6 nitrogen and oxygen atoms in total. The van der Waals surface area contributed by atoms with Gasteiger partial charge in [-0.05, 0) is 36.6 Å². The van der Waals surface area contributed by atoms with Crippen LogP contribution < -0.4 is 10.3 Å². The van der Waals surface area contributed by atoms with Crippen LogP contribution in [0.2, 0.25) is 0 Å². The Morgan fingerprint density at radius 1 is 1.09 bits per heavy atom. The normalized spacial score (nSPS) is 16.1. The van der Waals surface area contributed by atoms with Gasteiger partial charge in [-0.1, -0.05) is 42.2 Å². The van der Waals surface area contributed by atoms with Crippen LogP contribution in [0.25, 0.3) is 10.9 Å². The van der Waals surface area contributed by atoms with Crippen LogP contribution in [-0.2, 0) is 5.75 Å². The van der Waals surface area contributed by atoms with Gasteiger partial charge in [-0.15, -0.1) is 0 Å². The highest BCUT2D eigenvalue weighted by molar-refractivity contribution is 8.22. The van der Waals surface area contributed by atoms with E-state index in [1.54, 1.807) is 28.8 Å². The number of carboxylic acids is 1. The number of pyridine rings is 1. The number of benzene rings is 2. The molecule has 0 radical (unpaired) electrons. The van der Waals surface area contributed by atoms with E-state index in [9.17, 15) is 19.1 Å². The predicted octanol–water partition coefficient (Wildman–Crippen LogP) is 4.65. The van der Waals surface area contributed by atoms with Crippen molar-refractivity contribution in [2.45, 2.75) is 24.6 Å². The van der Waals surface area contributed by atoms with E-state index in [4.69, 9.17) is 12.2 Å². The number of carboxylic acid groups (broad SMARTS) is 1. The summed E-state index contributed by atoms with van der Waals surface area (Å²) in [6, 6.07) is 9.57. The van der Waals surface area contributed by atoms with Crippen molar-refractivity contribution in [1.29, 1.82) is 0 Å². The summed E-state index contributed by atoms with van der Waals surface area (Å²) in [6.07, 6.45) is 3.17. The number of hydrogen-bond donors (Lipinski definition) is 1. The van der Waals surface area contributed by atoms with Crippen LogP contribution in [0.1, 0.15) is 34.8 Å². The zero-order valence-electron chi connectivity index (χ0n) is 18.7. The Morgan fingerprint density at radius 3 is 2.46 bits per heavy atom. The van der Waals surface area contributed by atoms with E-state index in [-0.39, 0.29) is 22.8 Å². The molecule has 1 saturated carbocycles. The highest BCUT2D eigenvalue weighted by atomic mass is 32.2. The van der Waals surface area contributed by atoms with E-state index in [1.165, 1.54) is 30.1 Å². The lowest BCUT2D eigenvalue weighted by Gasteiger charge is -2.37. The van der Waals surface area contributed by atoms with Crippen molar-refractivity contribution in [2.24, 2.45) is 0 Å². The number of carbonyl (C=O) groups is 1. The fraction of sp³-hybridized carbons (Fsp3) is 0.320. The molecule has 35 heavy (non-hydrogen) atoms. The molecular weight excluding hydrogens is 492 g/mol. The number of halogens is 2. The van der Waals surface area contributed by atoms with Gasteiger partial charge >= 0.3 is 5.97 Å². The second-order valence-corrected chi connectivity index (χ2v) is 10.4. The summed E-state index contributed by atoms with van der Waals surface area (Å²) in [5.41, 5.74) is 0.532. The summed E-state index contributed by atoms with van der Waals surface area (Å²) in [6.45, 7) is 2.25. The minimum Gasteiger partial charge on any atom is -0.477 e. The molecule has 10 heteroatoms. The van der Waals surface area contributed by atoms with Gasteiger partial charge in [0.1, 0.15) is 21.5 Å². The van der Waals surface area contributed by atoms with Gasteiger partial charge in [0.25, 0.3) is 0 Å². The number of rotatable bonds is 5. The van der Waals surface area contributed by atoms with E-state index in [0.717, 1.165) is 12.8 Å². The molecule has 0 atom stereocenters. The Morgan fingerprint density at radius 2 is 1.80 bits per heavy atom. The smallest absolute Gasteiger partial charge is 0.341 e. The SMILES string of the molecule is O=C(O)c1cn(C2CC2)c2cc(N3CCN(C(=S)SCc4ccccc4F)CC3)c(F)cc2c1=O. The van der Waals surface area contributed by atoms with Gasteiger partial charge in [-0.3, -0.25) is 4.79 Å². The molecule has 2 aromatic carbocycles. The highest BCUT2D eigenvalue weighted by Gasteiger charge is 2.28. The first-order valence-corrected chi connectivity index (χ1v) is 12.7. The largest absolute Gasteiger partial charge is 0.477 e. The standard InChI is InChI=1S/C25H23F2N3O3S2/c26-19-4-2-1-3-15(19)14-35-25(34)29-9-7-28(8-10-29)22-12-21-17(11-20(22)27)23(31)18(24(32)33)13-30(21)16-5-6-16/h1-4,11-13,16H,5-10,14H2,(H,32,33). The third-order valence-corrected chi connectivity index (χ3v) is 8.03.